The maximum absolute atomic E-state index is 11.6. The molecule has 0 aromatic heterocycles. The summed E-state index contributed by atoms with van der Waals surface area (Å²) >= 11 is 0. The predicted octanol–water partition coefficient (Wildman–Crippen LogP) is 0.635. The van der Waals surface area contributed by atoms with Crippen molar-refractivity contribution in [2.75, 3.05) is 13.6 Å². The maximum atomic E-state index is 11.6. The molecule has 1 rings (SSSR count). The minimum absolute atomic E-state index is 0.425. The molecule has 104 valence electrons. The molecule has 0 fully saturated rings. The highest BCUT2D eigenvalue weighted by molar-refractivity contribution is 6.01. The zero-order valence-electron chi connectivity index (χ0n) is 11.5. The number of likely N-dealkylation sites (N-methyl/N-ethyl adjacent to an activating group) is 1. The number of rotatable bonds is 6. The minimum atomic E-state index is -1.20. The summed E-state index contributed by atoms with van der Waals surface area (Å²) in [5.74, 6) is -1.69. The van der Waals surface area contributed by atoms with Crippen molar-refractivity contribution in [3.8, 4) is 0 Å². The second-order valence-electron chi connectivity index (χ2n) is 4.53. The second-order valence-corrected chi connectivity index (χ2v) is 4.53. The van der Waals surface area contributed by atoms with E-state index in [-0.39, 0.29) is 0 Å². The molecule has 0 saturated heterocycles. The van der Waals surface area contributed by atoms with Crippen molar-refractivity contribution in [3.05, 3.63) is 34.9 Å². The zero-order valence-corrected chi connectivity index (χ0v) is 11.5. The number of carbonyl (C=O) groups excluding carboxylic acids is 1. The summed E-state index contributed by atoms with van der Waals surface area (Å²) in [6.07, 6.45) is 0.690. The Bertz CT molecular complexity index is 472. The highest BCUT2D eigenvalue weighted by Gasteiger charge is 2.23. The summed E-state index contributed by atoms with van der Waals surface area (Å²) in [6, 6.07) is 4.96. The van der Waals surface area contributed by atoms with E-state index in [1.54, 1.807) is 0 Å². The van der Waals surface area contributed by atoms with Crippen LogP contribution in [0, 0.1) is 13.8 Å². The van der Waals surface area contributed by atoms with Crippen molar-refractivity contribution < 1.29 is 14.7 Å². The molecular weight excluding hydrogens is 244 g/mol. The van der Waals surface area contributed by atoms with Gasteiger partial charge < -0.3 is 10.4 Å². The Kier molecular flexibility index (Phi) is 5.51. The second kappa shape index (κ2) is 6.89. The summed E-state index contributed by atoms with van der Waals surface area (Å²) in [5, 5.41) is 13.9. The smallest absolute Gasteiger partial charge is 0.330 e. The van der Waals surface area contributed by atoms with E-state index in [1.807, 2.05) is 26.0 Å². The molecule has 1 aromatic carbocycles. The highest BCUT2D eigenvalue weighted by Crippen LogP contribution is 2.10. The summed E-state index contributed by atoms with van der Waals surface area (Å²) in [6.45, 7) is 4.46. The molecule has 5 heteroatoms. The average Bonchev–Trinajstić information content (AvgIpc) is 2.34. The van der Waals surface area contributed by atoms with Gasteiger partial charge in [0.2, 0.25) is 5.91 Å². The number of benzene rings is 1. The third-order valence-electron chi connectivity index (χ3n) is 3.00. The van der Waals surface area contributed by atoms with E-state index in [0.717, 1.165) is 5.56 Å². The fourth-order valence-corrected chi connectivity index (χ4v) is 1.86. The molecule has 1 amide bonds. The number of amides is 1. The van der Waals surface area contributed by atoms with Crippen LogP contribution >= 0.6 is 0 Å². The Morgan fingerprint density at radius 3 is 2.58 bits per heavy atom. The average molecular weight is 264 g/mol. The number of carboxylic acid groups (broad SMARTS) is 1. The first-order valence-electron chi connectivity index (χ1n) is 6.19. The Morgan fingerprint density at radius 1 is 1.32 bits per heavy atom. The van der Waals surface area contributed by atoms with E-state index in [1.165, 1.54) is 18.2 Å². The van der Waals surface area contributed by atoms with Gasteiger partial charge in [0.25, 0.3) is 0 Å². The van der Waals surface area contributed by atoms with Crippen LogP contribution < -0.4 is 10.6 Å². The fourth-order valence-electron chi connectivity index (χ4n) is 1.86. The third-order valence-corrected chi connectivity index (χ3v) is 3.00. The Balaban J connectivity index is 2.52. The maximum Gasteiger partial charge on any atom is 0.330 e. The lowest BCUT2D eigenvalue weighted by atomic mass is 10.0. The van der Waals surface area contributed by atoms with Crippen molar-refractivity contribution in [1.29, 1.82) is 0 Å². The van der Waals surface area contributed by atoms with Gasteiger partial charge in [-0.25, -0.2) is 4.79 Å². The zero-order chi connectivity index (χ0) is 14.4. The third kappa shape index (κ3) is 4.37. The molecule has 1 atom stereocenters. The Hall–Kier alpha value is -1.88. The van der Waals surface area contributed by atoms with Crippen LogP contribution in [0.4, 0.5) is 0 Å². The number of aryl methyl sites for hydroxylation is 2. The largest absolute Gasteiger partial charge is 0.480 e. The monoisotopic (exact) mass is 264 g/mol. The molecule has 0 radical (unpaired) electrons. The molecule has 0 spiro atoms. The molecule has 19 heavy (non-hydrogen) atoms. The van der Waals surface area contributed by atoms with Gasteiger partial charge in [-0.05, 0) is 38.4 Å². The minimum Gasteiger partial charge on any atom is -0.480 e. The number of hydrogen-bond donors (Lipinski definition) is 3. The van der Waals surface area contributed by atoms with Crippen molar-refractivity contribution in [1.82, 2.24) is 10.6 Å². The Morgan fingerprint density at radius 2 is 2.00 bits per heavy atom. The van der Waals surface area contributed by atoms with Gasteiger partial charge in [-0.2, -0.15) is 0 Å². The van der Waals surface area contributed by atoms with Crippen molar-refractivity contribution in [2.24, 2.45) is 0 Å². The summed E-state index contributed by atoms with van der Waals surface area (Å²) in [5.41, 5.74) is 3.51. The van der Waals surface area contributed by atoms with Crippen LogP contribution in [-0.2, 0) is 16.0 Å². The van der Waals surface area contributed by atoms with Gasteiger partial charge in [-0.3, -0.25) is 10.1 Å². The number of nitrogens with one attached hydrogen (secondary N) is 2. The molecule has 1 unspecified atom stereocenters. The first kappa shape index (κ1) is 15.2. The van der Waals surface area contributed by atoms with Crippen molar-refractivity contribution >= 4 is 11.9 Å². The molecule has 5 nitrogen and oxygen atoms in total. The molecule has 0 aliphatic heterocycles. The van der Waals surface area contributed by atoms with E-state index in [4.69, 9.17) is 5.11 Å². The van der Waals surface area contributed by atoms with Gasteiger partial charge in [0.1, 0.15) is 0 Å². The van der Waals surface area contributed by atoms with Crippen LogP contribution in [0.2, 0.25) is 0 Å². The van der Waals surface area contributed by atoms with E-state index in [9.17, 15) is 9.59 Å². The summed E-state index contributed by atoms with van der Waals surface area (Å²) in [7, 11) is 1.45. The lowest BCUT2D eigenvalue weighted by Gasteiger charge is -2.12. The fraction of sp³-hybridized carbons (Fsp3) is 0.429. The quantitative estimate of drug-likeness (QED) is 0.659. The van der Waals surface area contributed by atoms with Gasteiger partial charge >= 0.3 is 5.97 Å². The van der Waals surface area contributed by atoms with Crippen LogP contribution in [0.3, 0.4) is 0 Å². The lowest BCUT2D eigenvalue weighted by Crippen LogP contribution is -2.48. The molecule has 0 saturated carbocycles. The van der Waals surface area contributed by atoms with E-state index >= 15 is 0 Å². The molecular formula is C14H20N2O3. The van der Waals surface area contributed by atoms with Crippen LogP contribution in [0.15, 0.2) is 18.2 Å². The first-order chi connectivity index (χ1) is 8.95. The van der Waals surface area contributed by atoms with E-state index < -0.39 is 17.9 Å². The molecule has 0 bridgehead atoms. The predicted molar refractivity (Wildman–Crippen MR) is 73.1 cm³/mol. The number of carbonyl (C=O) groups is 2. The number of aliphatic carboxylic acids is 1. The SMILES string of the molecule is CNC(C(=O)O)C(=O)NCCc1cc(C)ccc1C. The molecule has 1 aromatic rings. The molecule has 0 aliphatic rings. The van der Waals surface area contributed by atoms with Gasteiger partial charge in [-0.15, -0.1) is 0 Å². The van der Waals surface area contributed by atoms with Crippen molar-refractivity contribution in [2.45, 2.75) is 26.3 Å². The van der Waals surface area contributed by atoms with E-state index in [0.29, 0.717) is 13.0 Å². The van der Waals surface area contributed by atoms with Gasteiger partial charge in [0.05, 0.1) is 0 Å². The van der Waals surface area contributed by atoms with Gasteiger partial charge in [-0.1, -0.05) is 23.8 Å². The number of carboxylic acids is 1. The normalized spacial score (nSPS) is 11.9. The molecule has 0 aliphatic carbocycles. The van der Waals surface area contributed by atoms with Crippen LogP contribution in [0.25, 0.3) is 0 Å². The molecule has 0 heterocycles. The highest BCUT2D eigenvalue weighted by atomic mass is 16.4. The van der Waals surface area contributed by atoms with Crippen LogP contribution in [-0.4, -0.2) is 36.6 Å². The molecule has 3 N–H and O–H groups in total. The number of hydrogen-bond acceptors (Lipinski definition) is 3. The summed E-state index contributed by atoms with van der Waals surface area (Å²) in [4.78, 5) is 22.4. The van der Waals surface area contributed by atoms with Gasteiger partial charge in [0.15, 0.2) is 6.04 Å². The van der Waals surface area contributed by atoms with Crippen LogP contribution in [0.1, 0.15) is 16.7 Å². The standard InChI is InChI=1S/C14H20N2O3/c1-9-4-5-10(2)11(8-9)6-7-16-13(17)12(15-3)14(18)19/h4-5,8,12,15H,6-7H2,1-3H3,(H,16,17)(H,18,19). The Labute approximate surface area is 113 Å². The van der Waals surface area contributed by atoms with E-state index in [2.05, 4.69) is 16.7 Å². The van der Waals surface area contributed by atoms with Crippen LogP contribution in [0.5, 0.6) is 0 Å². The summed E-state index contributed by atoms with van der Waals surface area (Å²) < 4.78 is 0. The van der Waals surface area contributed by atoms with Gasteiger partial charge in [0, 0.05) is 6.54 Å². The topological polar surface area (TPSA) is 78.4 Å². The lowest BCUT2D eigenvalue weighted by molar-refractivity contribution is -0.143. The van der Waals surface area contributed by atoms with Crippen molar-refractivity contribution in [3.63, 3.8) is 0 Å². The first-order valence-corrected chi connectivity index (χ1v) is 6.19.